The van der Waals surface area contributed by atoms with Crippen molar-refractivity contribution in [1.82, 2.24) is 9.88 Å². The Morgan fingerprint density at radius 3 is 3.00 bits per heavy atom. The molecule has 0 spiro atoms. The summed E-state index contributed by atoms with van der Waals surface area (Å²) < 4.78 is 5.52. The van der Waals surface area contributed by atoms with Crippen LogP contribution in [0.2, 0.25) is 0 Å². The van der Waals surface area contributed by atoms with Crippen molar-refractivity contribution < 1.29 is 4.74 Å². The lowest BCUT2D eigenvalue weighted by Crippen LogP contribution is -2.52. The number of nitrogens with one attached hydrogen (secondary N) is 1. The molecule has 2 rings (SSSR count). The Hall–Kier alpha value is -1.13. The Bertz CT molecular complexity index is 379. The quantitative estimate of drug-likeness (QED) is 0.866. The molecule has 0 aromatic carbocycles. The van der Waals surface area contributed by atoms with Crippen molar-refractivity contribution in [2.24, 2.45) is 0 Å². The SMILES string of the molecule is CNc1cccc(CN2CCOCC2(C)C)n1. The van der Waals surface area contributed by atoms with Gasteiger partial charge in [-0.25, -0.2) is 4.98 Å². The molecule has 1 fully saturated rings. The van der Waals surface area contributed by atoms with E-state index in [0.29, 0.717) is 0 Å². The van der Waals surface area contributed by atoms with Gasteiger partial charge in [0.05, 0.1) is 18.9 Å². The van der Waals surface area contributed by atoms with Gasteiger partial charge in [-0.1, -0.05) is 6.07 Å². The molecular weight excluding hydrogens is 214 g/mol. The first-order chi connectivity index (χ1) is 8.12. The number of hydrogen-bond donors (Lipinski definition) is 1. The van der Waals surface area contributed by atoms with E-state index in [4.69, 9.17) is 4.74 Å². The molecule has 0 radical (unpaired) electrons. The molecule has 17 heavy (non-hydrogen) atoms. The van der Waals surface area contributed by atoms with Gasteiger partial charge in [0.15, 0.2) is 0 Å². The lowest BCUT2D eigenvalue weighted by atomic mass is 10.0. The fourth-order valence-electron chi connectivity index (χ4n) is 2.09. The van der Waals surface area contributed by atoms with E-state index in [9.17, 15) is 0 Å². The Labute approximate surface area is 103 Å². The number of pyridine rings is 1. The van der Waals surface area contributed by atoms with Crippen molar-refractivity contribution >= 4 is 5.82 Å². The van der Waals surface area contributed by atoms with Crippen molar-refractivity contribution in [3.63, 3.8) is 0 Å². The van der Waals surface area contributed by atoms with Crippen LogP contribution in [0.5, 0.6) is 0 Å². The number of rotatable bonds is 3. The maximum atomic E-state index is 5.52. The Morgan fingerprint density at radius 2 is 2.29 bits per heavy atom. The molecule has 0 atom stereocenters. The zero-order valence-corrected chi connectivity index (χ0v) is 10.9. The fraction of sp³-hybridized carbons (Fsp3) is 0.615. The molecule has 1 aliphatic rings. The molecule has 1 aromatic heterocycles. The monoisotopic (exact) mass is 235 g/mol. The van der Waals surface area contributed by atoms with Crippen LogP contribution in [0.25, 0.3) is 0 Å². The lowest BCUT2D eigenvalue weighted by Gasteiger charge is -2.41. The van der Waals surface area contributed by atoms with E-state index in [2.05, 4.69) is 35.1 Å². The number of anilines is 1. The van der Waals surface area contributed by atoms with Gasteiger partial charge in [-0.15, -0.1) is 0 Å². The zero-order chi connectivity index (χ0) is 12.3. The predicted molar refractivity (Wildman–Crippen MR) is 69.1 cm³/mol. The minimum Gasteiger partial charge on any atom is -0.378 e. The summed E-state index contributed by atoms with van der Waals surface area (Å²) >= 11 is 0. The van der Waals surface area contributed by atoms with Crippen LogP contribution in [0.1, 0.15) is 19.5 Å². The van der Waals surface area contributed by atoms with Crippen LogP contribution in [-0.4, -0.2) is 42.2 Å². The molecule has 1 N–H and O–H groups in total. The van der Waals surface area contributed by atoms with E-state index in [1.807, 2.05) is 19.2 Å². The van der Waals surface area contributed by atoms with E-state index in [1.165, 1.54) is 0 Å². The Morgan fingerprint density at radius 1 is 1.47 bits per heavy atom. The van der Waals surface area contributed by atoms with Crippen LogP contribution in [0.4, 0.5) is 5.82 Å². The van der Waals surface area contributed by atoms with Crippen LogP contribution in [0, 0.1) is 0 Å². The summed E-state index contributed by atoms with van der Waals surface area (Å²) in [5.74, 6) is 0.925. The topological polar surface area (TPSA) is 37.4 Å². The van der Waals surface area contributed by atoms with Gasteiger partial charge < -0.3 is 10.1 Å². The third-order valence-corrected chi connectivity index (χ3v) is 3.23. The second kappa shape index (κ2) is 5.02. The van der Waals surface area contributed by atoms with E-state index in [-0.39, 0.29) is 5.54 Å². The van der Waals surface area contributed by atoms with Crippen molar-refractivity contribution in [1.29, 1.82) is 0 Å². The Balaban J connectivity index is 2.08. The van der Waals surface area contributed by atoms with E-state index < -0.39 is 0 Å². The molecule has 4 nitrogen and oxygen atoms in total. The first-order valence-electron chi connectivity index (χ1n) is 6.08. The van der Waals surface area contributed by atoms with Gasteiger partial charge in [0, 0.05) is 25.7 Å². The summed E-state index contributed by atoms with van der Waals surface area (Å²) in [7, 11) is 1.89. The molecule has 0 saturated carbocycles. The maximum Gasteiger partial charge on any atom is 0.126 e. The molecular formula is C13H21N3O. The van der Waals surface area contributed by atoms with Gasteiger partial charge in [0.2, 0.25) is 0 Å². The fourth-order valence-corrected chi connectivity index (χ4v) is 2.09. The van der Waals surface area contributed by atoms with Gasteiger partial charge in [-0.3, -0.25) is 4.90 Å². The van der Waals surface area contributed by atoms with E-state index in [0.717, 1.165) is 37.8 Å². The van der Waals surface area contributed by atoms with Crippen LogP contribution in [0.3, 0.4) is 0 Å². The van der Waals surface area contributed by atoms with Crippen molar-refractivity contribution in [2.45, 2.75) is 25.9 Å². The van der Waals surface area contributed by atoms with Crippen LogP contribution < -0.4 is 5.32 Å². The minimum atomic E-state index is 0.0928. The van der Waals surface area contributed by atoms with Gasteiger partial charge in [0.1, 0.15) is 5.82 Å². The molecule has 4 heteroatoms. The third kappa shape index (κ3) is 2.96. The minimum absolute atomic E-state index is 0.0928. The van der Waals surface area contributed by atoms with Gasteiger partial charge in [-0.05, 0) is 26.0 Å². The predicted octanol–water partition coefficient (Wildman–Crippen LogP) is 1.73. The van der Waals surface area contributed by atoms with Crippen molar-refractivity contribution in [3.8, 4) is 0 Å². The average molecular weight is 235 g/mol. The third-order valence-electron chi connectivity index (χ3n) is 3.23. The molecule has 1 saturated heterocycles. The smallest absolute Gasteiger partial charge is 0.126 e. The van der Waals surface area contributed by atoms with Crippen LogP contribution >= 0.6 is 0 Å². The summed E-state index contributed by atoms with van der Waals surface area (Å²) in [5.41, 5.74) is 1.20. The number of ether oxygens (including phenoxy) is 1. The first kappa shape index (κ1) is 12.3. The normalized spacial score (nSPS) is 20.2. The molecule has 0 bridgehead atoms. The maximum absolute atomic E-state index is 5.52. The van der Waals surface area contributed by atoms with E-state index in [1.54, 1.807) is 0 Å². The largest absolute Gasteiger partial charge is 0.378 e. The highest BCUT2D eigenvalue weighted by Gasteiger charge is 2.30. The first-order valence-corrected chi connectivity index (χ1v) is 6.08. The Kier molecular flexibility index (Phi) is 3.64. The van der Waals surface area contributed by atoms with Crippen LogP contribution in [-0.2, 0) is 11.3 Å². The highest BCUT2D eigenvalue weighted by molar-refractivity contribution is 5.34. The number of hydrogen-bond acceptors (Lipinski definition) is 4. The molecule has 0 unspecified atom stereocenters. The molecule has 2 heterocycles. The van der Waals surface area contributed by atoms with Gasteiger partial charge in [-0.2, -0.15) is 0 Å². The van der Waals surface area contributed by atoms with Crippen molar-refractivity contribution in [2.75, 3.05) is 32.1 Å². The van der Waals surface area contributed by atoms with E-state index >= 15 is 0 Å². The zero-order valence-electron chi connectivity index (χ0n) is 10.9. The summed E-state index contributed by atoms with van der Waals surface area (Å²) in [4.78, 5) is 6.99. The molecule has 0 aliphatic carbocycles. The second-order valence-electron chi connectivity index (χ2n) is 5.05. The molecule has 0 amide bonds. The highest BCUT2D eigenvalue weighted by atomic mass is 16.5. The van der Waals surface area contributed by atoms with Gasteiger partial charge >= 0.3 is 0 Å². The number of nitrogens with zero attached hydrogens (tertiary/aromatic N) is 2. The second-order valence-corrected chi connectivity index (χ2v) is 5.05. The molecule has 94 valence electrons. The summed E-state index contributed by atoms with van der Waals surface area (Å²) in [6.45, 7) is 7.89. The summed E-state index contributed by atoms with van der Waals surface area (Å²) in [5, 5.41) is 3.07. The summed E-state index contributed by atoms with van der Waals surface area (Å²) in [6, 6.07) is 6.10. The highest BCUT2D eigenvalue weighted by Crippen LogP contribution is 2.21. The summed E-state index contributed by atoms with van der Waals surface area (Å²) in [6.07, 6.45) is 0. The molecule has 1 aromatic rings. The number of aromatic nitrogens is 1. The molecule has 1 aliphatic heterocycles. The standard InChI is InChI=1S/C13H21N3O/c1-13(2)10-17-8-7-16(13)9-11-5-4-6-12(14-3)15-11/h4-6H,7-10H2,1-3H3,(H,14,15). The van der Waals surface area contributed by atoms with Crippen LogP contribution in [0.15, 0.2) is 18.2 Å². The van der Waals surface area contributed by atoms with Gasteiger partial charge in [0.25, 0.3) is 0 Å². The lowest BCUT2D eigenvalue weighted by molar-refractivity contribution is -0.0557. The average Bonchev–Trinajstić information content (AvgIpc) is 2.32. The van der Waals surface area contributed by atoms with Crippen molar-refractivity contribution in [3.05, 3.63) is 23.9 Å². The number of morpholine rings is 1.